The summed E-state index contributed by atoms with van der Waals surface area (Å²) in [6.07, 6.45) is -4.86. The fraction of sp³-hybridized carbons (Fsp3) is 0.222. The van der Waals surface area contributed by atoms with Crippen molar-refractivity contribution < 1.29 is 18.0 Å². The summed E-state index contributed by atoms with van der Waals surface area (Å²) in [7, 11) is 0. The molecule has 1 aromatic carbocycles. The second-order valence-electron chi connectivity index (χ2n) is 3.07. The number of hydrogen-bond acceptors (Lipinski definition) is 1. The number of benzene rings is 1. The van der Waals surface area contributed by atoms with Gasteiger partial charge in [0, 0.05) is 5.02 Å². The van der Waals surface area contributed by atoms with Crippen molar-refractivity contribution in [3.63, 3.8) is 0 Å². The number of aryl methyl sites for hydroxylation is 1. The lowest BCUT2D eigenvalue weighted by Gasteiger charge is -2.23. The van der Waals surface area contributed by atoms with Crippen LogP contribution in [0.4, 0.5) is 23.7 Å². The molecule has 0 fully saturated rings. The quantitative estimate of drug-likeness (QED) is 0.767. The topological polar surface area (TPSA) is 46.3 Å². The SMILES string of the molecule is Cc1cc(N(C(N)=O)C(F)(F)F)ccc1Cl. The molecule has 88 valence electrons. The molecule has 1 aromatic rings. The molecule has 0 unspecified atom stereocenters. The van der Waals surface area contributed by atoms with Crippen LogP contribution in [0.2, 0.25) is 5.02 Å². The summed E-state index contributed by atoms with van der Waals surface area (Å²) in [5.41, 5.74) is 4.74. The molecule has 0 atom stereocenters. The summed E-state index contributed by atoms with van der Waals surface area (Å²) in [6, 6.07) is 1.90. The molecule has 3 nitrogen and oxygen atoms in total. The van der Waals surface area contributed by atoms with Gasteiger partial charge in [0.05, 0.1) is 5.69 Å². The van der Waals surface area contributed by atoms with Crippen molar-refractivity contribution in [1.29, 1.82) is 0 Å². The average Bonchev–Trinajstić information content (AvgIpc) is 2.08. The van der Waals surface area contributed by atoms with Crippen molar-refractivity contribution in [1.82, 2.24) is 0 Å². The number of carbonyl (C=O) groups is 1. The number of anilines is 1. The summed E-state index contributed by atoms with van der Waals surface area (Å²) >= 11 is 5.66. The molecule has 0 aliphatic heterocycles. The van der Waals surface area contributed by atoms with Gasteiger partial charge in [-0.15, -0.1) is 13.2 Å². The first kappa shape index (κ1) is 12.6. The van der Waals surface area contributed by atoms with E-state index in [4.69, 9.17) is 11.6 Å². The van der Waals surface area contributed by atoms with Crippen molar-refractivity contribution in [2.75, 3.05) is 4.90 Å². The van der Waals surface area contributed by atoms with Gasteiger partial charge in [0.2, 0.25) is 0 Å². The van der Waals surface area contributed by atoms with Gasteiger partial charge >= 0.3 is 12.3 Å². The number of nitrogens with two attached hydrogens (primary N) is 1. The van der Waals surface area contributed by atoms with Crippen LogP contribution < -0.4 is 10.6 Å². The van der Waals surface area contributed by atoms with Crippen molar-refractivity contribution in [3.8, 4) is 0 Å². The smallest absolute Gasteiger partial charge is 0.351 e. The Morgan fingerprint density at radius 3 is 2.38 bits per heavy atom. The van der Waals surface area contributed by atoms with Crippen molar-refractivity contribution in [3.05, 3.63) is 28.8 Å². The number of hydrogen-bond donors (Lipinski definition) is 1. The van der Waals surface area contributed by atoms with Gasteiger partial charge in [-0.05, 0) is 30.7 Å². The van der Waals surface area contributed by atoms with E-state index in [2.05, 4.69) is 5.73 Å². The molecular weight excluding hydrogens is 245 g/mol. The minimum absolute atomic E-state index is 0.315. The Balaban J connectivity index is 3.22. The molecular formula is C9H8ClF3N2O. The molecule has 2 N–H and O–H groups in total. The second-order valence-corrected chi connectivity index (χ2v) is 3.48. The highest BCUT2D eigenvalue weighted by Gasteiger charge is 2.41. The van der Waals surface area contributed by atoms with Crippen LogP contribution in [0, 0.1) is 6.92 Å². The Morgan fingerprint density at radius 2 is 2.00 bits per heavy atom. The highest BCUT2D eigenvalue weighted by atomic mass is 35.5. The first-order valence-electron chi connectivity index (χ1n) is 4.16. The first-order chi connectivity index (χ1) is 7.23. The molecule has 0 radical (unpaired) electrons. The van der Waals surface area contributed by atoms with Crippen molar-refractivity contribution in [2.24, 2.45) is 5.73 Å². The van der Waals surface area contributed by atoms with Gasteiger partial charge in [0.25, 0.3) is 0 Å². The van der Waals surface area contributed by atoms with Gasteiger partial charge in [-0.2, -0.15) is 0 Å². The highest BCUT2D eigenvalue weighted by molar-refractivity contribution is 6.31. The lowest BCUT2D eigenvalue weighted by molar-refractivity contribution is -0.120. The average molecular weight is 253 g/mol. The molecule has 0 aliphatic carbocycles. The van der Waals surface area contributed by atoms with E-state index >= 15 is 0 Å². The highest BCUT2D eigenvalue weighted by Crippen LogP contribution is 2.30. The van der Waals surface area contributed by atoms with E-state index in [9.17, 15) is 18.0 Å². The third-order valence-corrected chi connectivity index (χ3v) is 2.30. The number of halogens is 4. The molecule has 16 heavy (non-hydrogen) atoms. The number of carbonyl (C=O) groups excluding carboxylic acids is 1. The third kappa shape index (κ3) is 2.57. The van der Waals surface area contributed by atoms with Gasteiger partial charge in [0.1, 0.15) is 0 Å². The van der Waals surface area contributed by atoms with E-state index in [0.29, 0.717) is 10.6 Å². The largest absolute Gasteiger partial charge is 0.493 e. The van der Waals surface area contributed by atoms with Crippen LogP contribution in [0.1, 0.15) is 5.56 Å². The molecule has 0 saturated carbocycles. The Labute approximate surface area is 94.6 Å². The Hall–Kier alpha value is -1.43. The van der Waals surface area contributed by atoms with Crippen LogP contribution in [-0.4, -0.2) is 12.3 Å². The van der Waals surface area contributed by atoms with Crippen LogP contribution in [0.5, 0.6) is 0 Å². The number of primary amides is 1. The standard InChI is InChI=1S/C9H8ClF3N2O/c1-5-4-6(2-3-7(5)10)15(8(14)16)9(11,12)13/h2-4H,1H3,(H2,14,16). The number of urea groups is 1. The van der Waals surface area contributed by atoms with Gasteiger partial charge in [0.15, 0.2) is 0 Å². The summed E-state index contributed by atoms with van der Waals surface area (Å²) in [6.45, 7) is 1.53. The Morgan fingerprint density at radius 1 is 1.44 bits per heavy atom. The fourth-order valence-electron chi connectivity index (χ4n) is 1.17. The minimum atomic E-state index is -4.86. The van der Waals surface area contributed by atoms with Crippen LogP contribution in [0.3, 0.4) is 0 Å². The molecule has 1 rings (SSSR count). The molecule has 7 heteroatoms. The number of nitrogens with zero attached hydrogens (tertiary/aromatic N) is 1. The van der Waals surface area contributed by atoms with Gasteiger partial charge < -0.3 is 5.73 Å². The molecule has 0 spiro atoms. The van der Waals surface area contributed by atoms with Gasteiger partial charge in [-0.3, -0.25) is 0 Å². The normalized spacial score (nSPS) is 11.3. The van der Waals surface area contributed by atoms with Crippen molar-refractivity contribution >= 4 is 23.3 Å². The monoisotopic (exact) mass is 252 g/mol. The molecule has 0 aliphatic rings. The summed E-state index contributed by atoms with van der Waals surface area (Å²) < 4.78 is 37.4. The Bertz CT molecular complexity index is 420. The zero-order valence-electron chi connectivity index (χ0n) is 8.18. The predicted molar refractivity (Wildman–Crippen MR) is 54.3 cm³/mol. The molecule has 0 bridgehead atoms. The predicted octanol–water partition coefficient (Wildman–Crippen LogP) is 3.05. The fourth-order valence-corrected chi connectivity index (χ4v) is 1.28. The van der Waals surface area contributed by atoms with Gasteiger partial charge in [-0.25, -0.2) is 9.69 Å². The molecule has 0 aromatic heterocycles. The molecule has 0 saturated heterocycles. The van der Waals surface area contributed by atoms with E-state index < -0.39 is 17.2 Å². The first-order valence-corrected chi connectivity index (χ1v) is 4.54. The maximum atomic E-state index is 12.5. The van der Waals surface area contributed by atoms with E-state index in [1.807, 2.05) is 0 Å². The summed E-state index contributed by atoms with van der Waals surface area (Å²) in [5, 5.41) is 0.315. The minimum Gasteiger partial charge on any atom is -0.351 e. The Kier molecular flexibility index (Phi) is 3.32. The van der Waals surface area contributed by atoms with E-state index in [1.165, 1.54) is 13.0 Å². The number of alkyl halides is 3. The van der Waals surface area contributed by atoms with E-state index in [1.54, 1.807) is 0 Å². The lowest BCUT2D eigenvalue weighted by atomic mass is 10.2. The van der Waals surface area contributed by atoms with E-state index in [-0.39, 0.29) is 5.69 Å². The molecule has 0 heterocycles. The zero-order chi connectivity index (χ0) is 12.5. The van der Waals surface area contributed by atoms with Crippen LogP contribution >= 0.6 is 11.6 Å². The zero-order valence-corrected chi connectivity index (χ0v) is 8.93. The number of rotatable bonds is 1. The maximum absolute atomic E-state index is 12.5. The number of amides is 2. The lowest BCUT2D eigenvalue weighted by Crippen LogP contribution is -2.46. The van der Waals surface area contributed by atoms with E-state index in [0.717, 1.165) is 12.1 Å². The summed E-state index contributed by atoms with van der Waals surface area (Å²) in [4.78, 5) is 10.3. The van der Waals surface area contributed by atoms with Crippen LogP contribution in [-0.2, 0) is 0 Å². The molecule has 2 amide bonds. The van der Waals surface area contributed by atoms with Crippen LogP contribution in [0.25, 0.3) is 0 Å². The van der Waals surface area contributed by atoms with Gasteiger partial charge in [-0.1, -0.05) is 11.6 Å². The van der Waals surface area contributed by atoms with Crippen molar-refractivity contribution in [2.45, 2.75) is 13.2 Å². The maximum Gasteiger partial charge on any atom is 0.493 e. The summed E-state index contributed by atoms with van der Waals surface area (Å²) in [5.74, 6) is 0. The van der Waals surface area contributed by atoms with Crippen LogP contribution in [0.15, 0.2) is 18.2 Å². The second kappa shape index (κ2) is 4.21. The third-order valence-electron chi connectivity index (χ3n) is 1.87.